The summed E-state index contributed by atoms with van der Waals surface area (Å²) in [6.07, 6.45) is 0.353. The molecular weight excluding hydrogens is 208 g/mol. The number of carbonyl (C=O) groups is 1. The zero-order chi connectivity index (χ0) is 12.3. The lowest BCUT2D eigenvalue weighted by atomic mass is 9.85. The molecule has 0 spiro atoms. The number of rotatable bonds is 4. The van der Waals surface area contributed by atoms with Crippen LogP contribution in [-0.2, 0) is 11.2 Å². The fourth-order valence-corrected chi connectivity index (χ4v) is 1.43. The molecule has 0 amide bonds. The van der Waals surface area contributed by atoms with Crippen LogP contribution in [0.4, 0.5) is 0 Å². The van der Waals surface area contributed by atoms with Crippen LogP contribution < -0.4 is 4.74 Å². The van der Waals surface area contributed by atoms with Crippen LogP contribution in [0.5, 0.6) is 11.5 Å². The topological polar surface area (TPSA) is 66.8 Å². The van der Waals surface area contributed by atoms with Crippen LogP contribution in [0.3, 0.4) is 0 Å². The number of ether oxygens (including phenoxy) is 1. The van der Waals surface area contributed by atoms with E-state index in [1.165, 1.54) is 19.2 Å². The molecular formula is C12H16O4. The molecule has 0 heterocycles. The van der Waals surface area contributed by atoms with Gasteiger partial charge in [0.1, 0.15) is 11.5 Å². The first-order chi connectivity index (χ1) is 7.36. The highest BCUT2D eigenvalue weighted by Gasteiger charge is 2.28. The van der Waals surface area contributed by atoms with Gasteiger partial charge in [-0.05, 0) is 31.9 Å². The predicted molar refractivity (Wildman–Crippen MR) is 59.8 cm³/mol. The van der Waals surface area contributed by atoms with Gasteiger partial charge in [0.05, 0.1) is 12.5 Å². The van der Waals surface area contributed by atoms with Gasteiger partial charge in [-0.1, -0.05) is 6.07 Å². The van der Waals surface area contributed by atoms with Gasteiger partial charge in [0.2, 0.25) is 0 Å². The van der Waals surface area contributed by atoms with Crippen molar-refractivity contribution < 1.29 is 19.7 Å². The van der Waals surface area contributed by atoms with Crippen molar-refractivity contribution in [3.63, 3.8) is 0 Å². The van der Waals surface area contributed by atoms with Crippen LogP contribution in [0.1, 0.15) is 19.4 Å². The molecule has 2 N–H and O–H groups in total. The molecule has 0 radical (unpaired) electrons. The number of phenolic OH excluding ortho intramolecular Hbond substituents is 1. The van der Waals surface area contributed by atoms with Crippen molar-refractivity contribution in [2.75, 3.05) is 7.11 Å². The number of benzene rings is 1. The number of carboxylic acid groups (broad SMARTS) is 1. The second kappa shape index (κ2) is 4.43. The molecule has 0 fully saturated rings. The lowest BCUT2D eigenvalue weighted by molar-refractivity contribution is -0.146. The van der Waals surface area contributed by atoms with Gasteiger partial charge in [0.25, 0.3) is 0 Å². The Morgan fingerprint density at radius 2 is 2.06 bits per heavy atom. The lowest BCUT2D eigenvalue weighted by Gasteiger charge is -2.20. The summed E-state index contributed by atoms with van der Waals surface area (Å²) < 4.78 is 5.10. The number of phenols is 1. The zero-order valence-electron chi connectivity index (χ0n) is 9.65. The molecule has 4 nitrogen and oxygen atoms in total. The molecule has 0 atom stereocenters. The smallest absolute Gasteiger partial charge is 0.309 e. The Morgan fingerprint density at radius 1 is 1.44 bits per heavy atom. The van der Waals surface area contributed by atoms with E-state index in [4.69, 9.17) is 9.84 Å². The minimum Gasteiger partial charge on any atom is -0.508 e. The molecule has 0 aliphatic carbocycles. The molecule has 1 rings (SSSR count). The maximum absolute atomic E-state index is 11.0. The third-order valence-corrected chi connectivity index (χ3v) is 2.48. The SMILES string of the molecule is COc1cc(O)ccc1CC(C)(C)C(=O)O. The molecule has 0 aromatic heterocycles. The van der Waals surface area contributed by atoms with E-state index in [0.29, 0.717) is 12.2 Å². The normalized spacial score (nSPS) is 11.2. The zero-order valence-corrected chi connectivity index (χ0v) is 9.65. The van der Waals surface area contributed by atoms with E-state index < -0.39 is 11.4 Å². The van der Waals surface area contributed by atoms with Gasteiger partial charge in [-0.15, -0.1) is 0 Å². The first-order valence-electron chi connectivity index (χ1n) is 4.96. The molecule has 0 saturated heterocycles. The van der Waals surface area contributed by atoms with Crippen molar-refractivity contribution in [3.8, 4) is 11.5 Å². The third-order valence-electron chi connectivity index (χ3n) is 2.48. The standard InChI is InChI=1S/C12H16O4/c1-12(2,11(14)15)7-8-4-5-9(13)6-10(8)16-3/h4-6,13H,7H2,1-3H3,(H,14,15). The van der Waals surface area contributed by atoms with Gasteiger partial charge in [0.15, 0.2) is 0 Å². The monoisotopic (exact) mass is 224 g/mol. The van der Waals surface area contributed by atoms with Crippen molar-refractivity contribution in [3.05, 3.63) is 23.8 Å². The lowest BCUT2D eigenvalue weighted by Crippen LogP contribution is -2.26. The molecule has 1 aromatic rings. The maximum atomic E-state index is 11.0. The number of methoxy groups -OCH3 is 1. The molecule has 0 saturated carbocycles. The Balaban J connectivity index is 3.01. The second-order valence-electron chi connectivity index (χ2n) is 4.36. The average molecular weight is 224 g/mol. The maximum Gasteiger partial charge on any atom is 0.309 e. The Labute approximate surface area is 94.5 Å². The average Bonchev–Trinajstić information content (AvgIpc) is 2.20. The van der Waals surface area contributed by atoms with E-state index in [1.54, 1.807) is 19.9 Å². The molecule has 88 valence electrons. The van der Waals surface area contributed by atoms with Crippen LogP contribution in [0, 0.1) is 5.41 Å². The summed E-state index contributed by atoms with van der Waals surface area (Å²) in [4.78, 5) is 11.0. The Bertz CT molecular complexity index is 396. The summed E-state index contributed by atoms with van der Waals surface area (Å²) in [7, 11) is 1.49. The van der Waals surface area contributed by atoms with Gasteiger partial charge in [0, 0.05) is 6.07 Å². The van der Waals surface area contributed by atoms with E-state index >= 15 is 0 Å². The summed E-state index contributed by atoms with van der Waals surface area (Å²) in [5, 5.41) is 18.3. The van der Waals surface area contributed by atoms with Gasteiger partial charge in [-0.2, -0.15) is 0 Å². The van der Waals surface area contributed by atoms with E-state index in [2.05, 4.69) is 0 Å². The minimum absolute atomic E-state index is 0.105. The second-order valence-corrected chi connectivity index (χ2v) is 4.36. The number of aliphatic carboxylic acids is 1. The highest BCUT2D eigenvalue weighted by molar-refractivity contribution is 5.74. The summed E-state index contributed by atoms with van der Waals surface area (Å²) in [5.74, 6) is -0.245. The molecule has 4 heteroatoms. The van der Waals surface area contributed by atoms with Gasteiger partial charge in [-0.25, -0.2) is 0 Å². The summed E-state index contributed by atoms with van der Waals surface area (Å²) in [5.41, 5.74) is -0.0859. The predicted octanol–water partition coefficient (Wildman–Crippen LogP) is 2.05. The number of aromatic hydroxyl groups is 1. The third kappa shape index (κ3) is 2.66. The minimum atomic E-state index is -0.859. The molecule has 0 aliphatic rings. The number of hydrogen-bond acceptors (Lipinski definition) is 3. The molecule has 1 aromatic carbocycles. The molecule has 0 bridgehead atoms. The van der Waals surface area contributed by atoms with Crippen molar-refractivity contribution in [2.24, 2.45) is 5.41 Å². The van der Waals surface area contributed by atoms with E-state index in [1.807, 2.05) is 0 Å². The van der Waals surface area contributed by atoms with Crippen LogP contribution in [0.15, 0.2) is 18.2 Å². The molecule has 0 unspecified atom stereocenters. The molecule has 0 aliphatic heterocycles. The van der Waals surface area contributed by atoms with Gasteiger partial charge >= 0.3 is 5.97 Å². The largest absolute Gasteiger partial charge is 0.508 e. The van der Waals surface area contributed by atoms with Crippen molar-refractivity contribution in [2.45, 2.75) is 20.3 Å². The van der Waals surface area contributed by atoms with E-state index in [-0.39, 0.29) is 5.75 Å². The van der Waals surface area contributed by atoms with Crippen LogP contribution in [-0.4, -0.2) is 23.3 Å². The number of carboxylic acids is 1. The Kier molecular flexibility index (Phi) is 3.42. The van der Waals surface area contributed by atoms with E-state index in [9.17, 15) is 9.90 Å². The van der Waals surface area contributed by atoms with Crippen LogP contribution in [0.25, 0.3) is 0 Å². The van der Waals surface area contributed by atoms with Gasteiger partial charge in [-0.3, -0.25) is 4.79 Å². The van der Waals surface area contributed by atoms with E-state index in [0.717, 1.165) is 5.56 Å². The first kappa shape index (κ1) is 12.4. The summed E-state index contributed by atoms with van der Waals surface area (Å²) in [6.45, 7) is 3.31. The first-order valence-corrected chi connectivity index (χ1v) is 4.96. The van der Waals surface area contributed by atoms with Crippen molar-refractivity contribution in [1.82, 2.24) is 0 Å². The quantitative estimate of drug-likeness (QED) is 0.821. The van der Waals surface area contributed by atoms with Crippen molar-refractivity contribution in [1.29, 1.82) is 0 Å². The highest BCUT2D eigenvalue weighted by Crippen LogP contribution is 2.30. The van der Waals surface area contributed by atoms with Crippen LogP contribution in [0.2, 0.25) is 0 Å². The fraction of sp³-hybridized carbons (Fsp3) is 0.417. The highest BCUT2D eigenvalue weighted by atomic mass is 16.5. The number of hydrogen-bond donors (Lipinski definition) is 2. The summed E-state index contributed by atoms with van der Waals surface area (Å²) >= 11 is 0. The van der Waals surface area contributed by atoms with Crippen LogP contribution >= 0.6 is 0 Å². The summed E-state index contributed by atoms with van der Waals surface area (Å²) in [6, 6.07) is 4.68. The van der Waals surface area contributed by atoms with Crippen molar-refractivity contribution >= 4 is 5.97 Å². The van der Waals surface area contributed by atoms with Gasteiger partial charge < -0.3 is 14.9 Å². The fourth-order valence-electron chi connectivity index (χ4n) is 1.43. The Morgan fingerprint density at radius 3 is 2.56 bits per heavy atom. The Hall–Kier alpha value is -1.71. The molecule has 16 heavy (non-hydrogen) atoms.